The molecule has 98 valence electrons. The van der Waals surface area contributed by atoms with Gasteiger partial charge in [0.25, 0.3) is 0 Å². The van der Waals surface area contributed by atoms with Crippen LogP contribution >= 0.6 is 0 Å². The van der Waals surface area contributed by atoms with E-state index in [1.54, 1.807) is 0 Å². The van der Waals surface area contributed by atoms with Gasteiger partial charge in [-0.3, -0.25) is 9.78 Å². The van der Waals surface area contributed by atoms with Crippen LogP contribution in [0.25, 0.3) is 0 Å². The van der Waals surface area contributed by atoms with Crippen molar-refractivity contribution in [2.24, 2.45) is 0 Å². The van der Waals surface area contributed by atoms with Crippen LogP contribution < -0.4 is 4.74 Å². The fourth-order valence-electron chi connectivity index (χ4n) is 2.10. The fraction of sp³-hybridized carbons (Fsp3) is 0.500. The quantitative estimate of drug-likeness (QED) is 0.772. The zero-order valence-corrected chi connectivity index (χ0v) is 10.9. The molecule has 1 aromatic rings. The van der Waals surface area contributed by atoms with Crippen LogP contribution in [0.15, 0.2) is 18.5 Å². The minimum Gasteiger partial charge on any atom is -0.495 e. The van der Waals surface area contributed by atoms with E-state index >= 15 is 0 Å². The molecular weight excluding hydrogens is 254 g/mol. The van der Waals surface area contributed by atoms with E-state index in [1.165, 1.54) is 25.6 Å². The molecule has 0 N–H and O–H groups in total. The molecule has 2 rings (SSSR count). The number of pyridine rings is 1. The molecule has 1 fully saturated rings. The van der Waals surface area contributed by atoms with Gasteiger partial charge in [-0.2, -0.15) is 0 Å². The van der Waals surface area contributed by atoms with Gasteiger partial charge < -0.3 is 4.74 Å². The molecule has 0 aliphatic carbocycles. The Morgan fingerprint density at radius 1 is 1.39 bits per heavy atom. The van der Waals surface area contributed by atoms with Gasteiger partial charge in [0, 0.05) is 11.8 Å². The summed E-state index contributed by atoms with van der Waals surface area (Å²) < 4.78 is 28.7. The highest BCUT2D eigenvalue weighted by molar-refractivity contribution is 7.92. The summed E-state index contributed by atoms with van der Waals surface area (Å²) in [5, 5.41) is -0.917. The average Bonchev–Trinajstić information content (AvgIpc) is 2.37. The smallest absolute Gasteiger partial charge is 0.182 e. The van der Waals surface area contributed by atoms with Crippen molar-refractivity contribution in [3.8, 4) is 5.75 Å². The summed E-state index contributed by atoms with van der Waals surface area (Å²) in [7, 11) is -1.83. The number of carbonyl (C=O) groups is 1. The molecule has 5 nitrogen and oxygen atoms in total. The lowest BCUT2D eigenvalue weighted by Gasteiger charge is -2.20. The van der Waals surface area contributed by atoms with Crippen molar-refractivity contribution < 1.29 is 17.9 Å². The fourth-order valence-corrected chi connectivity index (χ4v) is 3.98. The second-order valence-corrected chi connectivity index (χ2v) is 6.63. The number of aromatic nitrogens is 1. The highest BCUT2D eigenvalue weighted by Gasteiger charge is 2.35. The Morgan fingerprint density at radius 3 is 2.83 bits per heavy atom. The first-order chi connectivity index (χ1) is 8.54. The summed E-state index contributed by atoms with van der Waals surface area (Å²) in [5.74, 6) is 0.177. The molecule has 1 unspecified atom stereocenters. The Kier molecular flexibility index (Phi) is 3.65. The maximum Gasteiger partial charge on any atom is 0.182 e. The Balaban J connectivity index is 2.30. The van der Waals surface area contributed by atoms with Crippen molar-refractivity contribution in [2.75, 3.05) is 12.9 Å². The molecule has 0 spiro atoms. The van der Waals surface area contributed by atoms with Crippen molar-refractivity contribution in [2.45, 2.75) is 24.5 Å². The van der Waals surface area contributed by atoms with Gasteiger partial charge in [-0.1, -0.05) is 6.42 Å². The first-order valence-electron chi connectivity index (χ1n) is 5.79. The van der Waals surface area contributed by atoms with Gasteiger partial charge in [0.1, 0.15) is 11.0 Å². The molecule has 6 heteroatoms. The second kappa shape index (κ2) is 5.06. The third kappa shape index (κ3) is 2.53. The van der Waals surface area contributed by atoms with Crippen molar-refractivity contribution in [1.82, 2.24) is 4.98 Å². The van der Waals surface area contributed by atoms with Crippen molar-refractivity contribution in [1.29, 1.82) is 0 Å². The number of hydrogen-bond acceptors (Lipinski definition) is 5. The lowest BCUT2D eigenvalue weighted by atomic mass is 10.1. The van der Waals surface area contributed by atoms with Gasteiger partial charge in [0.2, 0.25) is 0 Å². The molecule has 0 radical (unpaired) electrons. The molecule has 2 heterocycles. The minimum absolute atomic E-state index is 0.0980. The van der Waals surface area contributed by atoms with Gasteiger partial charge in [-0.05, 0) is 18.9 Å². The summed E-state index contributed by atoms with van der Waals surface area (Å²) in [6, 6.07) is 1.53. The molecular formula is C12H15NO4S. The van der Waals surface area contributed by atoms with E-state index in [4.69, 9.17) is 4.74 Å². The Labute approximate surface area is 106 Å². The zero-order valence-electron chi connectivity index (χ0n) is 10.1. The van der Waals surface area contributed by atoms with Crippen molar-refractivity contribution in [3.05, 3.63) is 24.0 Å². The highest BCUT2D eigenvalue weighted by Crippen LogP contribution is 2.24. The number of ether oxygens (including phenoxy) is 1. The number of sulfone groups is 1. The van der Waals surface area contributed by atoms with Gasteiger partial charge in [-0.25, -0.2) is 8.42 Å². The average molecular weight is 269 g/mol. The van der Waals surface area contributed by atoms with Crippen LogP contribution in [0.5, 0.6) is 5.75 Å². The Bertz CT molecular complexity index is 553. The number of methoxy groups -OCH3 is 1. The summed E-state index contributed by atoms with van der Waals surface area (Å²) in [6.07, 6.45) is 4.68. The summed E-state index contributed by atoms with van der Waals surface area (Å²) in [6.45, 7) is 0. The Hall–Kier alpha value is -1.43. The SMILES string of the molecule is COc1cncc(C(=O)C2CCCCS2(=O)=O)c1. The first-order valence-corrected chi connectivity index (χ1v) is 7.51. The summed E-state index contributed by atoms with van der Waals surface area (Å²) >= 11 is 0. The summed E-state index contributed by atoms with van der Waals surface area (Å²) in [5.41, 5.74) is 0.296. The van der Waals surface area contributed by atoms with Gasteiger partial charge in [-0.15, -0.1) is 0 Å². The second-order valence-electron chi connectivity index (χ2n) is 4.33. The largest absolute Gasteiger partial charge is 0.495 e. The minimum atomic E-state index is -3.31. The monoisotopic (exact) mass is 269 g/mol. The molecule has 0 amide bonds. The number of hydrogen-bond donors (Lipinski definition) is 0. The van der Waals surface area contributed by atoms with E-state index in [9.17, 15) is 13.2 Å². The normalized spacial score (nSPS) is 22.4. The van der Waals surface area contributed by atoms with E-state index in [1.807, 2.05) is 0 Å². The van der Waals surface area contributed by atoms with Crippen molar-refractivity contribution in [3.63, 3.8) is 0 Å². The van der Waals surface area contributed by atoms with E-state index < -0.39 is 15.1 Å². The molecule has 0 bridgehead atoms. The van der Waals surface area contributed by atoms with E-state index in [-0.39, 0.29) is 11.5 Å². The predicted octanol–water partition coefficient (Wildman–Crippen LogP) is 1.24. The van der Waals surface area contributed by atoms with Crippen LogP contribution in [0.3, 0.4) is 0 Å². The van der Waals surface area contributed by atoms with Crippen LogP contribution in [0.4, 0.5) is 0 Å². The molecule has 1 saturated heterocycles. The van der Waals surface area contributed by atoms with Crippen LogP contribution in [0, 0.1) is 0 Å². The third-order valence-corrected chi connectivity index (χ3v) is 5.28. The number of Topliss-reactive ketones (excluding diaryl/α,β-unsaturated/α-hetero) is 1. The van der Waals surface area contributed by atoms with Crippen molar-refractivity contribution >= 4 is 15.6 Å². The van der Waals surface area contributed by atoms with Crippen LogP contribution in [-0.2, 0) is 9.84 Å². The molecule has 18 heavy (non-hydrogen) atoms. The zero-order chi connectivity index (χ0) is 13.2. The van der Waals surface area contributed by atoms with E-state index in [0.717, 1.165) is 6.42 Å². The lowest BCUT2D eigenvalue weighted by molar-refractivity contribution is 0.0981. The number of carbonyl (C=O) groups excluding carboxylic acids is 1. The Morgan fingerprint density at radius 2 is 2.17 bits per heavy atom. The van der Waals surface area contributed by atoms with E-state index in [2.05, 4.69) is 4.98 Å². The third-order valence-electron chi connectivity index (χ3n) is 3.10. The van der Waals surface area contributed by atoms with Crippen LogP contribution in [0.1, 0.15) is 29.6 Å². The molecule has 0 saturated carbocycles. The molecule has 1 aromatic heterocycles. The molecule has 1 aliphatic heterocycles. The predicted molar refractivity (Wildman–Crippen MR) is 66.5 cm³/mol. The molecule has 1 atom stereocenters. The number of rotatable bonds is 3. The topological polar surface area (TPSA) is 73.3 Å². The summed E-state index contributed by atoms with van der Waals surface area (Å²) in [4.78, 5) is 16.1. The van der Waals surface area contributed by atoms with Crippen LogP contribution in [-0.4, -0.2) is 37.3 Å². The van der Waals surface area contributed by atoms with Gasteiger partial charge in [0.05, 0.1) is 19.1 Å². The van der Waals surface area contributed by atoms with Gasteiger partial charge in [0.15, 0.2) is 15.6 Å². The lowest BCUT2D eigenvalue weighted by Crippen LogP contribution is -2.35. The standard InChI is InChI=1S/C12H15NO4S/c1-17-10-6-9(7-13-8-10)12(14)11-4-2-3-5-18(11,15)16/h6-8,11H,2-5H2,1H3. The molecule has 0 aromatic carbocycles. The highest BCUT2D eigenvalue weighted by atomic mass is 32.2. The maximum atomic E-state index is 12.2. The number of nitrogens with zero attached hydrogens (tertiary/aromatic N) is 1. The van der Waals surface area contributed by atoms with E-state index in [0.29, 0.717) is 24.2 Å². The molecule has 1 aliphatic rings. The number of ketones is 1. The van der Waals surface area contributed by atoms with Crippen LogP contribution in [0.2, 0.25) is 0 Å². The first kappa shape index (κ1) is 13.0. The van der Waals surface area contributed by atoms with Gasteiger partial charge >= 0.3 is 0 Å². The maximum absolute atomic E-state index is 12.2.